The van der Waals surface area contributed by atoms with Crippen molar-refractivity contribution in [1.29, 1.82) is 0 Å². The Morgan fingerprint density at radius 2 is 2.29 bits per heavy atom. The summed E-state index contributed by atoms with van der Waals surface area (Å²) >= 11 is 0. The summed E-state index contributed by atoms with van der Waals surface area (Å²) < 4.78 is 0. The van der Waals surface area contributed by atoms with Crippen LogP contribution in [0.1, 0.15) is 27.9 Å². The highest BCUT2D eigenvalue weighted by Gasteiger charge is 2.30. The van der Waals surface area contributed by atoms with E-state index < -0.39 is 6.04 Å². The van der Waals surface area contributed by atoms with Gasteiger partial charge in [0.1, 0.15) is 6.04 Å². The van der Waals surface area contributed by atoms with Crippen molar-refractivity contribution in [2.45, 2.75) is 19.4 Å². The van der Waals surface area contributed by atoms with Crippen molar-refractivity contribution in [3.63, 3.8) is 0 Å². The molecule has 1 aromatic carbocycles. The van der Waals surface area contributed by atoms with Crippen LogP contribution in [0, 0.1) is 18.8 Å². The maximum absolute atomic E-state index is 12.2. The van der Waals surface area contributed by atoms with Gasteiger partial charge >= 0.3 is 0 Å². The van der Waals surface area contributed by atoms with Crippen molar-refractivity contribution < 1.29 is 9.59 Å². The Balaban J connectivity index is 2.14. The van der Waals surface area contributed by atoms with E-state index in [0.717, 1.165) is 11.1 Å². The number of likely N-dealkylation sites (N-methyl/N-ethyl adjacent to an activating group) is 1. The molecule has 1 fully saturated rings. The lowest BCUT2D eigenvalue weighted by Crippen LogP contribution is -2.40. The fourth-order valence-electron chi connectivity index (χ4n) is 2.24. The Morgan fingerprint density at radius 3 is 2.90 bits per heavy atom. The number of benzene rings is 1. The van der Waals surface area contributed by atoms with Gasteiger partial charge < -0.3 is 16.0 Å². The largest absolute Gasteiger partial charge is 0.344 e. The molecule has 0 bridgehead atoms. The molecule has 0 saturated carbocycles. The molecule has 0 radical (unpaired) electrons. The molecule has 0 spiro atoms. The SMILES string of the molecule is Cc1ccc(C(=O)NC2CCN(C)C2=O)cc1C#CCN. The van der Waals surface area contributed by atoms with Crippen LogP contribution in [0.4, 0.5) is 0 Å². The van der Waals surface area contributed by atoms with Crippen LogP contribution in [-0.2, 0) is 4.79 Å². The van der Waals surface area contributed by atoms with Gasteiger partial charge in [-0.2, -0.15) is 0 Å². The van der Waals surface area contributed by atoms with Gasteiger partial charge in [0.2, 0.25) is 5.91 Å². The molecule has 1 unspecified atom stereocenters. The van der Waals surface area contributed by atoms with E-state index in [1.165, 1.54) is 0 Å². The van der Waals surface area contributed by atoms with E-state index in [4.69, 9.17) is 5.73 Å². The molecule has 110 valence electrons. The molecule has 1 atom stereocenters. The van der Waals surface area contributed by atoms with Crippen molar-refractivity contribution in [2.75, 3.05) is 20.1 Å². The third-order valence-electron chi connectivity index (χ3n) is 3.56. The smallest absolute Gasteiger partial charge is 0.251 e. The second-order valence-electron chi connectivity index (χ2n) is 5.11. The fourth-order valence-corrected chi connectivity index (χ4v) is 2.24. The Morgan fingerprint density at radius 1 is 1.52 bits per heavy atom. The normalized spacial score (nSPS) is 17.4. The summed E-state index contributed by atoms with van der Waals surface area (Å²) in [4.78, 5) is 25.7. The Hall–Kier alpha value is -2.32. The molecule has 1 saturated heterocycles. The quantitative estimate of drug-likeness (QED) is 0.766. The molecule has 1 aliphatic rings. The van der Waals surface area contributed by atoms with E-state index in [1.807, 2.05) is 13.0 Å². The molecule has 3 N–H and O–H groups in total. The first-order valence-electron chi connectivity index (χ1n) is 6.88. The number of nitrogens with two attached hydrogens (primary N) is 1. The van der Waals surface area contributed by atoms with Crippen LogP contribution in [0.25, 0.3) is 0 Å². The zero-order chi connectivity index (χ0) is 15.4. The summed E-state index contributed by atoms with van der Waals surface area (Å²) in [6.45, 7) is 2.88. The van der Waals surface area contributed by atoms with Gasteiger partial charge in [0.25, 0.3) is 5.91 Å². The summed E-state index contributed by atoms with van der Waals surface area (Å²) in [5, 5.41) is 2.78. The first-order valence-corrected chi connectivity index (χ1v) is 6.88. The van der Waals surface area contributed by atoms with E-state index >= 15 is 0 Å². The number of amides is 2. The number of carbonyl (C=O) groups excluding carboxylic acids is 2. The molecule has 1 aliphatic heterocycles. The third-order valence-corrected chi connectivity index (χ3v) is 3.56. The van der Waals surface area contributed by atoms with Gasteiger partial charge in [0.05, 0.1) is 6.54 Å². The average molecular weight is 285 g/mol. The predicted molar refractivity (Wildman–Crippen MR) is 80.6 cm³/mol. The van der Waals surface area contributed by atoms with Gasteiger partial charge in [-0.25, -0.2) is 0 Å². The minimum atomic E-state index is -0.428. The maximum atomic E-state index is 12.2. The van der Waals surface area contributed by atoms with Crippen molar-refractivity contribution in [1.82, 2.24) is 10.2 Å². The monoisotopic (exact) mass is 285 g/mol. The van der Waals surface area contributed by atoms with Gasteiger partial charge in [0.15, 0.2) is 0 Å². The van der Waals surface area contributed by atoms with E-state index in [-0.39, 0.29) is 18.4 Å². The molecule has 0 aromatic heterocycles. The van der Waals surface area contributed by atoms with Crippen LogP contribution in [0.3, 0.4) is 0 Å². The maximum Gasteiger partial charge on any atom is 0.251 e. The highest BCUT2D eigenvalue weighted by atomic mass is 16.2. The highest BCUT2D eigenvalue weighted by molar-refractivity contribution is 5.98. The Kier molecular flexibility index (Phi) is 4.61. The molecular weight excluding hydrogens is 266 g/mol. The minimum Gasteiger partial charge on any atom is -0.344 e. The molecule has 1 aromatic rings. The van der Waals surface area contributed by atoms with Crippen molar-refractivity contribution in [3.05, 3.63) is 34.9 Å². The van der Waals surface area contributed by atoms with E-state index in [9.17, 15) is 9.59 Å². The molecule has 1 heterocycles. The number of nitrogens with zero attached hydrogens (tertiary/aromatic N) is 1. The lowest BCUT2D eigenvalue weighted by atomic mass is 10.0. The Bertz CT molecular complexity index is 628. The zero-order valence-corrected chi connectivity index (χ0v) is 12.3. The van der Waals surface area contributed by atoms with Gasteiger partial charge in [-0.3, -0.25) is 9.59 Å². The Labute approximate surface area is 124 Å². The fraction of sp³-hybridized carbons (Fsp3) is 0.375. The minimum absolute atomic E-state index is 0.0430. The van der Waals surface area contributed by atoms with Gasteiger partial charge in [-0.05, 0) is 31.0 Å². The summed E-state index contributed by atoms with van der Waals surface area (Å²) in [5.41, 5.74) is 7.64. The standard InChI is InChI=1S/C16H19N3O2/c1-11-5-6-13(10-12(11)4-3-8-17)15(20)18-14-7-9-19(2)16(14)21/h5-6,10,14H,7-9,17H2,1-2H3,(H,18,20). The molecular formula is C16H19N3O2. The van der Waals surface area contributed by atoms with Crippen molar-refractivity contribution >= 4 is 11.8 Å². The lowest BCUT2D eigenvalue weighted by molar-refractivity contribution is -0.128. The highest BCUT2D eigenvalue weighted by Crippen LogP contribution is 2.13. The first-order chi connectivity index (χ1) is 10.0. The topological polar surface area (TPSA) is 75.4 Å². The number of nitrogens with one attached hydrogen (secondary N) is 1. The summed E-state index contributed by atoms with van der Waals surface area (Å²) in [6, 6.07) is 4.89. The van der Waals surface area contributed by atoms with Crippen molar-refractivity contribution in [3.8, 4) is 11.8 Å². The van der Waals surface area contributed by atoms with E-state index in [1.54, 1.807) is 24.1 Å². The summed E-state index contributed by atoms with van der Waals surface area (Å²) in [7, 11) is 1.74. The summed E-state index contributed by atoms with van der Waals surface area (Å²) in [5.74, 6) is 5.44. The van der Waals surface area contributed by atoms with Crippen LogP contribution in [0.15, 0.2) is 18.2 Å². The van der Waals surface area contributed by atoms with Crippen molar-refractivity contribution in [2.24, 2.45) is 5.73 Å². The number of aryl methyl sites for hydroxylation is 1. The second-order valence-corrected chi connectivity index (χ2v) is 5.11. The van der Waals surface area contributed by atoms with Gasteiger partial charge in [-0.1, -0.05) is 17.9 Å². The predicted octanol–water partition coefficient (Wildman–Crippen LogP) is 0.266. The molecule has 5 nitrogen and oxygen atoms in total. The molecule has 5 heteroatoms. The third kappa shape index (κ3) is 3.41. The van der Waals surface area contributed by atoms with E-state index in [0.29, 0.717) is 18.5 Å². The number of likely N-dealkylation sites (tertiary alicyclic amines) is 1. The number of hydrogen-bond donors (Lipinski definition) is 2. The number of carbonyl (C=O) groups is 2. The molecule has 2 rings (SSSR count). The number of hydrogen-bond acceptors (Lipinski definition) is 3. The number of rotatable bonds is 2. The van der Waals surface area contributed by atoms with Gasteiger partial charge in [-0.15, -0.1) is 0 Å². The lowest BCUT2D eigenvalue weighted by Gasteiger charge is -2.12. The average Bonchev–Trinajstić information content (AvgIpc) is 2.78. The summed E-state index contributed by atoms with van der Waals surface area (Å²) in [6.07, 6.45) is 0.646. The van der Waals surface area contributed by atoms with Gasteiger partial charge in [0, 0.05) is 24.7 Å². The van der Waals surface area contributed by atoms with Crippen LogP contribution < -0.4 is 11.1 Å². The van der Waals surface area contributed by atoms with Crippen LogP contribution in [-0.4, -0.2) is 42.9 Å². The molecule has 0 aliphatic carbocycles. The van der Waals surface area contributed by atoms with Crippen LogP contribution in [0.2, 0.25) is 0 Å². The van der Waals surface area contributed by atoms with E-state index in [2.05, 4.69) is 17.2 Å². The molecule has 21 heavy (non-hydrogen) atoms. The zero-order valence-electron chi connectivity index (χ0n) is 12.3. The first kappa shape index (κ1) is 15.1. The van der Waals surface area contributed by atoms with Crippen LogP contribution in [0.5, 0.6) is 0 Å². The van der Waals surface area contributed by atoms with Crippen LogP contribution >= 0.6 is 0 Å². The second kappa shape index (κ2) is 6.42. The molecule has 2 amide bonds.